The summed E-state index contributed by atoms with van der Waals surface area (Å²) in [5.74, 6) is 0.0544. The van der Waals surface area contributed by atoms with E-state index in [1.807, 2.05) is 19.9 Å². The number of allylic oxidation sites excluding steroid dienone is 4. The van der Waals surface area contributed by atoms with Crippen molar-refractivity contribution in [3.8, 4) is 0 Å². The van der Waals surface area contributed by atoms with Crippen LogP contribution in [-0.4, -0.2) is 64.3 Å². The van der Waals surface area contributed by atoms with Gasteiger partial charge in [0.05, 0.1) is 4.91 Å². The van der Waals surface area contributed by atoms with Gasteiger partial charge in [0.15, 0.2) is 0 Å². The third-order valence-corrected chi connectivity index (χ3v) is 6.50. The molecule has 0 spiro atoms. The highest BCUT2D eigenvalue weighted by atomic mass is 32.2. The number of amides is 2. The Morgan fingerprint density at radius 2 is 1.87 bits per heavy atom. The molecule has 11 heteroatoms. The van der Waals surface area contributed by atoms with Crippen LogP contribution in [0.4, 0.5) is 5.69 Å². The van der Waals surface area contributed by atoms with Crippen molar-refractivity contribution in [2.45, 2.75) is 59.9 Å². The topological polar surface area (TPSA) is 145 Å². The molecule has 2 heterocycles. The number of benzene rings is 1. The number of anilines is 1. The summed E-state index contributed by atoms with van der Waals surface area (Å²) in [4.78, 5) is 34.0. The quantitative estimate of drug-likeness (QED) is 0.167. The number of piperazine rings is 1. The number of rotatable bonds is 8. The van der Waals surface area contributed by atoms with E-state index >= 15 is 0 Å². The van der Waals surface area contributed by atoms with Crippen molar-refractivity contribution in [1.82, 2.24) is 16.0 Å². The van der Waals surface area contributed by atoms with E-state index in [0.29, 0.717) is 32.2 Å². The van der Waals surface area contributed by atoms with Crippen LogP contribution in [0, 0.1) is 0 Å². The molecule has 0 saturated carbocycles. The number of aldehydes is 1. The van der Waals surface area contributed by atoms with Crippen LogP contribution < -0.4 is 20.9 Å². The van der Waals surface area contributed by atoms with Gasteiger partial charge < -0.3 is 25.6 Å². The number of carbonyl (C=O) groups is 3. The summed E-state index contributed by atoms with van der Waals surface area (Å²) in [7, 11) is -2.39. The number of hydrogen-bond donors (Lipinski definition) is 4. The average Bonchev–Trinajstić information content (AvgIpc) is 3.30. The molecular weight excluding hydrogens is 508 g/mol. The fraction of sp³-hybridized carbons (Fsp3) is 0.519. The van der Waals surface area contributed by atoms with Crippen molar-refractivity contribution in [1.29, 1.82) is 0 Å². The van der Waals surface area contributed by atoms with Gasteiger partial charge in [-0.1, -0.05) is 32.9 Å². The molecule has 38 heavy (non-hydrogen) atoms. The third-order valence-electron chi connectivity index (χ3n) is 5.41. The van der Waals surface area contributed by atoms with Crippen molar-refractivity contribution < 1.29 is 27.4 Å². The fourth-order valence-electron chi connectivity index (χ4n) is 3.40. The Labute approximate surface area is 227 Å². The maximum atomic E-state index is 11.4. The Kier molecular flexibility index (Phi) is 18.4. The van der Waals surface area contributed by atoms with Gasteiger partial charge in [-0.25, -0.2) is 0 Å². The van der Waals surface area contributed by atoms with Crippen LogP contribution in [0.1, 0.15) is 69.3 Å². The molecule has 0 atom stereocenters. The number of unbranched alkanes of at least 4 members (excludes halogenated alkanes) is 1. The molecule has 1 aromatic rings. The minimum Gasteiger partial charge on any atom is -0.369 e. The van der Waals surface area contributed by atoms with Crippen LogP contribution in [0.2, 0.25) is 0 Å². The Bertz CT molecular complexity index is 1030. The van der Waals surface area contributed by atoms with Crippen molar-refractivity contribution >= 4 is 33.9 Å². The van der Waals surface area contributed by atoms with E-state index in [0.717, 1.165) is 43.6 Å². The first kappa shape index (κ1) is 35.0. The van der Waals surface area contributed by atoms with Gasteiger partial charge in [0, 0.05) is 63.9 Å². The van der Waals surface area contributed by atoms with Crippen LogP contribution in [-0.2, 0) is 26.3 Å². The van der Waals surface area contributed by atoms with Gasteiger partial charge in [-0.15, -0.1) is 0 Å². The zero-order chi connectivity index (χ0) is 29.0. The van der Waals surface area contributed by atoms with Gasteiger partial charge >= 0.3 is 0 Å². The second-order valence-electron chi connectivity index (χ2n) is 7.98. The Balaban J connectivity index is 0.000000552. The SMILES string of the molecule is C/C=C\C=C(/CC)S(=O)(=O)O.CC.CNC(=O)CCCC=O.O=C1NCc2cc(N3CCNCC3)ccc21. The van der Waals surface area contributed by atoms with Crippen molar-refractivity contribution in [2.75, 3.05) is 38.1 Å². The van der Waals surface area contributed by atoms with E-state index < -0.39 is 10.1 Å². The van der Waals surface area contributed by atoms with Gasteiger partial charge in [-0.05, 0) is 49.6 Å². The van der Waals surface area contributed by atoms with E-state index in [1.54, 1.807) is 33.0 Å². The minimum atomic E-state index is -3.98. The first-order valence-corrected chi connectivity index (χ1v) is 14.4. The van der Waals surface area contributed by atoms with Crippen LogP contribution in [0.3, 0.4) is 0 Å². The number of hydrogen-bond acceptors (Lipinski definition) is 7. The second-order valence-corrected chi connectivity index (χ2v) is 9.46. The number of nitrogens with one attached hydrogen (secondary N) is 3. The molecular formula is C27H44N4O6S. The largest absolute Gasteiger partial charge is 0.369 e. The molecule has 1 aromatic carbocycles. The maximum Gasteiger partial charge on any atom is 0.290 e. The van der Waals surface area contributed by atoms with Gasteiger partial charge in [-0.2, -0.15) is 8.42 Å². The lowest BCUT2D eigenvalue weighted by atomic mass is 10.1. The average molecular weight is 553 g/mol. The monoisotopic (exact) mass is 552 g/mol. The van der Waals surface area contributed by atoms with Crippen LogP contribution in [0.25, 0.3) is 0 Å². The molecule has 0 aromatic heterocycles. The van der Waals surface area contributed by atoms with Gasteiger partial charge in [0.25, 0.3) is 16.0 Å². The molecule has 4 N–H and O–H groups in total. The molecule has 0 aliphatic carbocycles. The van der Waals surface area contributed by atoms with Crippen LogP contribution in [0.15, 0.2) is 41.3 Å². The normalized spacial score (nSPS) is 14.5. The highest BCUT2D eigenvalue weighted by molar-refractivity contribution is 7.89. The highest BCUT2D eigenvalue weighted by Crippen LogP contribution is 2.23. The maximum absolute atomic E-state index is 11.4. The van der Waals surface area contributed by atoms with E-state index in [-0.39, 0.29) is 16.7 Å². The predicted octanol–water partition coefficient (Wildman–Crippen LogP) is 3.21. The Morgan fingerprint density at radius 3 is 2.39 bits per heavy atom. The second kappa shape index (κ2) is 20.0. The van der Waals surface area contributed by atoms with E-state index in [9.17, 15) is 22.8 Å². The Morgan fingerprint density at radius 1 is 1.21 bits per heavy atom. The van der Waals surface area contributed by atoms with Gasteiger partial charge in [0.2, 0.25) is 5.91 Å². The molecule has 1 fully saturated rings. The number of fused-ring (bicyclic) bond motifs is 1. The third kappa shape index (κ3) is 13.5. The summed E-state index contributed by atoms with van der Waals surface area (Å²) >= 11 is 0. The van der Waals surface area contributed by atoms with E-state index in [4.69, 9.17) is 4.55 Å². The lowest BCUT2D eigenvalue weighted by Crippen LogP contribution is -2.43. The predicted molar refractivity (Wildman–Crippen MR) is 153 cm³/mol. The molecule has 0 unspecified atom stereocenters. The highest BCUT2D eigenvalue weighted by Gasteiger charge is 2.20. The summed E-state index contributed by atoms with van der Waals surface area (Å²) < 4.78 is 29.6. The van der Waals surface area contributed by atoms with Crippen LogP contribution in [0.5, 0.6) is 0 Å². The Hall–Kier alpha value is -3.02. The first-order chi connectivity index (χ1) is 18.2. The zero-order valence-electron chi connectivity index (χ0n) is 23.2. The number of carbonyl (C=O) groups excluding carboxylic acids is 3. The van der Waals surface area contributed by atoms with Crippen LogP contribution >= 0.6 is 0 Å². The van der Waals surface area contributed by atoms with E-state index in [2.05, 4.69) is 33.0 Å². The standard InChI is InChI=1S/C12H15N3O.C7H12O3S.C6H11NO2.C2H6/c16-12-11-2-1-10(7-9(11)8-14-12)15-5-3-13-4-6-15;1-3-5-6-7(4-2)11(8,9)10;1-7-6(9)4-2-3-5-8;1-2/h1-2,7,13H,3-6,8H2,(H,14,16);3,5-6H,4H2,1-2H3,(H,8,9,10);5H,2-4H2,1H3,(H,7,9);1-2H3/b;5-3-,7-6+;;. The molecule has 1 saturated heterocycles. The van der Waals surface area contributed by atoms with Crippen molar-refractivity contribution in [2.24, 2.45) is 0 Å². The smallest absolute Gasteiger partial charge is 0.290 e. The summed E-state index contributed by atoms with van der Waals surface area (Å²) in [6, 6.07) is 6.13. The minimum absolute atomic E-state index is 0.00292. The zero-order valence-corrected chi connectivity index (χ0v) is 24.1. The molecule has 3 rings (SSSR count). The molecule has 10 nitrogen and oxygen atoms in total. The molecule has 2 aliphatic heterocycles. The van der Waals surface area contributed by atoms with Gasteiger partial charge in [0.1, 0.15) is 6.29 Å². The lowest BCUT2D eigenvalue weighted by molar-refractivity contribution is -0.120. The molecule has 0 radical (unpaired) electrons. The summed E-state index contributed by atoms with van der Waals surface area (Å²) in [6.07, 6.45) is 7.38. The summed E-state index contributed by atoms with van der Waals surface area (Å²) in [5, 5.41) is 8.65. The molecule has 2 aliphatic rings. The van der Waals surface area contributed by atoms with Gasteiger partial charge in [-0.3, -0.25) is 14.1 Å². The number of nitrogens with zero attached hydrogens (tertiary/aromatic N) is 1. The first-order valence-electron chi connectivity index (χ1n) is 13.0. The van der Waals surface area contributed by atoms with Crippen molar-refractivity contribution in [3.63, 3.8) is 0 Å². The summed E-state index contributed by atoms with van der Waals surface area (Å²) in [5.41, 5.74) is 3.19. The van der Waals surface area contributed by atoms with Crippen molar-refractivity contribution in [3.05, 3.63) is 52.5 Å². The molecule has 2 amide bonds. The molecule has 0 bridgehead atoms. The molecule has 214 valence electrons. The van der Waals surface area contributed by atoms with E-state index in [1.165, 1.54) is 11.8 Å². The fourth-order valence-corrected chi connectivity index (χ4v) is 4.01. The lowest BCUT2D eigenvalue weighted by Gasteiger charge is -2.29. The summed E-state index contributed by atoms with van der Waals surface area (Å²) in [6.45, 7) is 12.3.